The van der Waals surface area contributed by atoms with E-state index >= 15 is 0 Å². The van der Waals surface area contributed by atoms with Gasteiger partial charge in [-0.1, -0.05) is 0 Å². The molecule has 2 fully saturated rings. The first-order chi connectivity index (χ1) is 9.45. The van der Waals surface area contributed by atoms with Gasteiger partial charge in [0.15, 0.2) is 0 Å². The lowest BCUT2D eigenvalue weighted by molar-refractivity contribution is -0.156. The number of fused-ring (bicyclic) bond motifs is 1. The Balaban J connectivity index is 2.02. The minimum absolute atomic E-state index is 0.191. The first-order valence-electron chi connectivity index (χ1n) is 6.46. The highest BCUT2D eigenvalue weighted by Crippen LogP contribution is 2.46. The number of aliphatic carboxylic acids is 1. The fraction of sp³-hybridized carbons (Fsp3) is 0.667. The summed E-state index contributed by atoms with van der Waals surface area (Å²) in [5.74, 6) is -2.56. The molecule has 20 heavy (non-hydrogen) atoms. The molecule has 0 aromatic heterocycles. The molecule has 7 nitrogen and oxygen atoms in total. The van der Waals surface area contributed by atoms with Crippen LogP contribution in [0.1, 0.15) is 19.8 Å². The number of rotatable bonds is 3. The number of aliphatic hydroxyl groups is 1. The van der Waals surface area contributed by atoms with Crippen molar-refractivity contribution >= 4 is 22.7 Å². The maximum Gasteiger partial charge on any atom is 0.353 e. The molecule has 0 radical (unpaired) electrons. The van der Waals surface area contributed by atoms with Gasteiger partial charge < -0.3 is 14.9 Å². The second kappa shape index (κ2) is 4.64. The molecule has 0 spiro atoms. The van der Waals surface area contributed by atoms with Crippen molar-refractivity contribution in [3.63, 3.8) is 0 Å². The van der Waals surface area contributed by atoms with E-state index < -0.39 is 46.2 Å². The SMILES string of the molecule is C[C@@H](O)[C@H]1C(=O)N2C(C(=O)O)=C([C@H]3CCCO3)S(=O)[C@H]12. The van der Waals surface area contributed by atoms with E-state index in [9.17, 15) is 24.0 Å². The Bertz CT molecular complexity index is 536. The van der Waals surface area contributed by atoms with Gasteiger partial charge in [-0.05, 0) is 19.8 Å². The molecular weight excluding hydrogens is 286 g/mol. The highest BCUT2D eigenvalue weighted by atomic mass is 32.2. The van der Waals surface area contributed by atoms with Gasteiger partial charge in [-0.3, -0.25) is 13.9 Å². The van der Waals surface area contributed by atoms with Crippen molar-refractivity contribution in [2.24, 2.45) is 5.92 Å². The summed E-state index contributed by atoms with van der Waals surface area (Å²) in [6.07, 6.45) is -0.0792. The molecule has 1 unspecified atom stereocenters. The van der Waals surface area contributed by atoms with E-state index in [1.165, 1.54) is 6.92 Å². The summed E-state index contributed by atoms with van der Waals surface area (Å²) in [7, 11) is -1.64. The van der Waals surface area contributed by atoms with Crippen molar-refractivity contribution in [2.45, 2.75) is 37.3 Å². The molecule has 0 bridgehead atoms. The molecule has 0 aromatic rings. The number of aliphatic hydroxyl groups excluding tert-OH is 1. The van der Waals surface area contributed by atoms with Crippen LogP contribution >= 0.6 is 0 Å². The minimum Gasteiger partial charge on any atom is -0.477 e. The van der Waals surface area contributed by atoms with Crippen LogP contribution in [0.15, 0.2) is 10.6 Å². The van der Waals surface area contributed by atoms with Crippen LogP contribution in [-0.4, -0.2) is 55.4 Å². The quantitative estimate of drug-likeness (QED) is 0.674. The second-order valence-corrected chi connectivity index (χ2v) is 6.70. The maximum absolute atomic E-state index is 12.5. The average molecular weight is 301 g/mol. The summed E-state index contributed by atoms with van der Waals surface area (Å²) in [5.41, 5.74) is -0.220. The third-order valence-corrected chi connectivity index (χ3v) is 5.77. The van der Waals surface area contributed by atoms with E-state index in [1.54, 1.807) is 0 Å². The number of amides is 1. The van der Waals surface area contributed by atoms with Crippen molar-refractivity contribution in [1.82, 2.24) is 4.90 Å². The molecule has 0 aliphatic carbocycles. The van der Waals surface area contributed by atoms with Gasteiger partial charge in [-0.2, -0.15) is 0 Å². The summed E-state index contributed by atoms with van der Waals surface area (Å²) in [6, 6.07) is 0. The van der Waals surface area contributed by atoms with Crippen LogP contribution in [0.25, 0.3) is 0 Å². The Morgan fingerprint density at radius 2 is 2.25 bits per heavy atom. The van der Waals surface area contributed by atoms with Gasteiger partial charge in [0.1, 0.15) is 11.1 Å². The van der Waals surface area contributed by atoms with Crippen molar-refractivity contribution < 1.29 is 28.7 Å². The fourth-order valence-electron chi connectivity index (χ4n) is 3.02. The third kappa shape index (κ3) is 1.68. The molecule has 3 heterocycles. The lowest BCUT2D eigenvalue weighted by Gasteiger charge is -2.43. The lowest BCUT2D eigenvalue weighted by Crippen LogP contribution is -2.63. The summed E-state index contributed by atoms with van der Waals surface area (Å²) < 4.78 is 18.0. The van der Waals surface area contributed by atoms with Gasteiger partial charge in [0.25, 0.3) is 0 Å². The van der Waals surface area contributed by atoms with Crippen LogP contribution in [-0.2, 0) is 25.1 Å². The van der Waals surface area contributed by atoms with Crippen LogP contribution in [0.3, 0.4) is 0 Å². The maximum atomic E-state index is 12.5. The number of ether oxygens (including phenoxy) is 1. The fourth-order valence-corrected chi connectivity index (χ4v) is 5.11. The van der Waals surface area contributed by atoms with E-state index in [0.717, 1.165) is 11.3 Å². The largest absolute Gasteiger partial charge is 0.477 e. The molecule has 3 rings (SSSR count). The topological polar surface area (TPSA) is 104 Å². The first-order valence-corrected chi connectivity index (χ1v) is 7.67. The van der Waals surface area contributed by atoms with Crippen molar-refractivity contribution in [3.05, 3.63) is 10.6 Å². The number of β-lactam (4-membered cyclic amide) rings is 1. The molecule has 0 aromatic carbocycles. The van der Waals surface area contributed by atoms with Crippen LogP contribution in [0.5, 0.6) is 0 Å². The average Bonchev–Trinajstić information content (AvgIpc) is 2.93. The number of carboxylic acids is 1. The summed E-state index contributed by atoms with van der Waals surface area (Å²) in [6.45, 7) is 1.94. The number of nitrogens with zero attached hydrogens (tertiary/aromatic N) is 1. The molecule has 3 aliphatic heterocycles. The predicted molar refractivity (Wildman–Crippen MR) is 67.6 cm³/mol. The standard InChI is InChI=1S/C12H15NO6S/c1-5(14)7-10(15)13-8(12(16)17)9(20(18)11(7)13)6-3-2-4-19-6/h5-7,11,14H,2-4H2,1H3,(H,16,17)/t5-,6-,7+,11-,20?/m1/s1. The highest BCUT2D eigenvalue weighted by molar-refractivity contribution is 7.90. The van der Waals surface area contributed by atoms with Crippen molar-refractivity contribution in [2.75, 3.05) is 6.61 Å². The summed E-state index contributed by atoms with van der Waals surface area (Å²) in [4.78, 5) is 24.7. The summed E-state index contributed by atoms with van der Waals surface area (Å²) >= 11 is 0. The Morgan fingerprint density at radius 1 is 1.55 bits per heavy atom. The predicted octanol–water partition coefficient (Wildman–Crippen LogP) is -0.611. The van der Waals surface area contributed by atoms with Gasteiger partial charge in [0, 0.05) is 6.61 Å². The van der Waals surface area contributed by atoms with Gasteiger partial charge in [-0.15, -0.1) is 0 Å². The number of hydrogen-bond acceptors (Lipinski definition) is 5. The number of carboxylic acid groups (broad SMARTS) is 1. The van der Waals surface area contributed by atoms with Crippen molar-refractivity contribution in [3.8, 4) is 0 Å². The van der Waals surface area contributed by atoms with E-state index in [1.807, 2.05) is 0 Å². The number of hydrogen-bond donors (Lipinski definition) is 2. The van der Waals surface area contributed by atoms with Crippen LogP contribution in [0, 0.1) is 5.92 Å². The Hall–Kier alpha value is -1.25. The highest BCUT2D eigenvalue weighted by Gasteiger charge is 2.62. The monoisotopic (exact) mass is 301 g/mol. The Morgan fingerprint density at radius 3 is 2.75 bits per heavy atom. The van der Waals surface area contributed by atoms with Gasteiger partial charge in [0.2, 0.25) is 5.91 Å². The molecule has 2 N–H and O–H groups in total. The first kappa shape index (κ1) is 13.7. The van der Waals surface area contributed by atoms with E-state index in [2.05, 4.69) is 0 Å². The summed E-state index contributed by atoms with van der Waals surface area (Å²) in [5, 5.41) is 18.2. The molecule has 8 heteroatoms. The van der Waals surface area contributed by atoms with E-state index in [-0.39, 0.29) is 10.6 Å². The zero-order valence-corrected chi connectivity index (χ0v) is 11.6. The normalized spacial score (nSPS) is 37.9. The van der Waals surface area contributed by atoms with Crippen LogP contribution in [0.2, 0.25) is 0 Å². The van der Waals surface area contributed by atoms with Gasteiger partial charge in [0.05, 0.1) is 33.8 Å². The molecule has 110 valence electrons. The molecule has 0 saturated carbocycles. The van der Waals surface area contributed by atoms with Crippen LogP contribution < -0.4 is 0 Å². The second-order valence-electron chi connectivity index (χ2n) is 5.18. The third-order valence-electron chi connectivity index (χ3n) is 3.94. The van der Waals surface area contributed by atoms with Gasteiger partial charge in [-0.25, -0.2) is 4.79 Å². The molecule has 5 atom stereocenters. The van der Waals surface area contributed by atoms with Crippen LogP contribution in [0.4, 0.5) is 0 Å². The smallest absolute Gasteiger partial charge is 0.353 e. The number of carbonyl (C=O) groups excluding carboxylic acids is 1. The Labute approximate surface area is 117 Å². The van der Waals surface area contributed by atoms with E-state index in [0.29, 0.717) is 13.0 Å². The molecule has 3 aliphatic rings. The minimum atomic E-state index is -1.64. The lowest BCUT2D eigenvalue weighted by atomic mass is 9.92. The van der Waals surface area contributed by atoms with Crippen molar-refractivity contribution in [1.29, 1.82) is 0 Å². The van der Waals surface area contributed by atoms with Gasteiger partial charge >= 0.3 is 5.97 Å². The van der Waals surface area contributed by atoms with E-state index in [4.69, 9.17) is 4.74 Å². The zero-order chi connectivity index (χ0) is 14.6. The Kier molecular flexibility index (Phi) is 3.19. The molecular formula is C12H15NO6S. The molecule has 2 saturated heterocycles. The molecule has 1 amide bonds. The number of carbonyl (C=O) groups is 2. The zero-order valence-electron chi connectivity index (χ0n) is 10.8.